The average molecular weight is 399 g/mol. The first-order chi connectivity index (χ1) is 11.9. The van der Waals surface area contributed by atoms with E-state index in [2.05, 4.69) is 25.3 Å². The maximum Gasteiger partial charge on any atom is 0.225 e. The highest BCUT2D eigenvalue weighted by Gasteiger charge is 2.25. The third kappa shape index (κ3) is 4.87. The highest BCUT2D eigenvalue weighted by atomic mass is 35.5. The summed E-state index contributed by atoms with van der Waals surface area (Å²) in [4.78, 5) is 19.2. The number of nitrogens with zero attached hydrogens (tertiary/aromatic N) is 5. The van der Waals surface area contributed by atoms with Crippen molar-refractivity contribution in [2.45, 2.75) is 30.2 Å². The van der Waals surface area contributed by atoms with Crippen molar-refractivity contribution in [3.05, 3.63) is 36.2 Å². The van der Waals surface area contributed by atoms with Gasteiger partial charge in [0.05, 0.1) is 30.3 Å². The van der Waals surface area contributed by atoms with Crippen LogP contribution in [0.1, 0.15) is 30.1 Å². The van der Waals surface area contributed by atoms with Crippen LogP contribution in [0.3, 0.4) is 0 Å². The number of halogens is 1. The summed E-state index contributed by atoms with van der Waals surface area (Å²) >= 11 is 0. The fourth-order valence-corrected chi connectivity index (χ4v) is 3.78. The Morgan fingerprint density at radius 3 is 2.69 bits per heavy atom. The largest absolute Gasteiger partial charge is 0.338 e. The first kappa shape index (κ1) is 20.5. The van der Waals surface area contributed by atoms with Gasteiger partial charge in [-0.25, -0.2) is 18.4 Å². The average Bonchev–Trinajstić information content (AvgIpc) is 2.62. The molecule has 1 aliphatic heterocycles. The van der Waals surface area contributed by atoms with E-state index >= 15 is 0 Å². The lowest BCUT2D eigenvalue weighted by Crippen LogP contribution is -2.30. The van der Waals surface area contributed by atoms with Crippen molar-refractivity contribution >= 4 is 28.2 Å². The maximum absolute atomic E-state index is 12.1. The molecule has 1 aliphatic rings. The van der Waals surface area contributed by atoms with Crippen molar-refractivity contribution in [1.82, 2.24) is 25.3 Å². The fourth-order valence-electron chi connectivity index (χ4n) is 2.95. The lowest BCUT2D eigenvalue weighted by molar-refractivity contribution is 0.447. The van der Waals surface area contributed by atoms with Crippen molar-refractivity contribution < 1.29 is 8.42 Å². The van der Waals surface area contributed by atoms with E-state index in [-0.39, 0.29) is 23.2 Å². The summed E-state index contributed by atoms with van der Waals surface area (Å²) < 4.78 is 24.3. The minimum atomic E-state index is -3.38. The standard InChI is InChI=1S/C16H22N6O2S.ClH/c1-22(11-13-9-18-6-7-19-13)16-20-10-14(25(2,23)24)15(21-16)12-4-3-5-17-8-12;/h6-7,9-10,12,17H,3-5,8,11H2,1-2H3;1H. The second-order valence-corrected chi connectivity index (χ2v) is 8.27. The van der Waals surface area contributed by atoms with Gasteiger partial charge in [0.1, 0.15) is 4.90 Å². The molecule has 0 aromatic carbocycles. The second kappa shape index (κ2) is 8.70. The summed E-state index contributed by atoms with van der Waals surface area (Å²) in [5.74, 6) is 0.559. The number of anilines is 1. The van der Waals surface area contributed by atoms with E-state index in [4.69, 9.17) is 0 Å². The number of aromatic nitrogens is 4. The predicted molar refractivity (Wildman–Crippen MR) is 101 cm³/mol. The molecule has 0 radical (unpaired) electrons. The van der Waals surface area contributed by atoms with Gasteiger partial charge in [0.15, 0.2) is 9.84 Å². The van der Waals surface area contributed by atoms with Gasteiger partial charge in [-0.3, -0.25) is 9.97 Å². The zero-order valence-electron chi connectivity index (χ0n) is 14.8. The number of hydrogen-bond donors (Lipinski definition) is 1. The van der Waals surface area contributed by atoms with Gasteiger partial charge in [0.25, 0.3) is 0 Å². The van der Waals surface area contributed by atoms with Gasteiger partial charge in [0, 0.05) is 38.2 Å². The molecular formula is C16H23ClN6O2S. The van der Waals surface area contributed by atoms with Crippen LogP contribution in [0.5, 0.6) is 0 Å². The summed E-state index contributed by atoms with van der Waals surface area (Å²) in [5.41, 5.74) is 1.40. The van der Waals surface area contributed by atoms with Crippen LogP contribution >= 0.6 is 12.4 Å². The Bertz CT molecular complexity index is 828. The van der Waals surface area contributed by atoms with Crippen LogP contribution in [-0.4, -0.2) is 54.7 Å². The molecule has 0 amide bonds. The molecule has 1 N–H and O–H groups in total. The van der Waals surface area contributed by atoms with Gasteiger partial charge in [0.2, 0.25) is 5.95 Å². The molecule has 0 aliphatic carbocycles. The summed E-state index contributed by atoms with van der Waals surface area (Å²) in [6.45, 7) is 2.18. The third-order valence-electron chi connectivity index (χ3n) is 4.21. The Hall–Kier alpha value is -1.84. The van der Waals surface area contributed by atoms with Crippen molar-refractivity contribution in [2.24, 2.45) is 0 Å². The van der Waals surface area contributed by atoms with Gasteiger partial charge < -0.3 is 10.2 Å². The quantitative estimate of drug-likeness (QED) is 0.801. The fraction of sp³-hybridized carbons (Fsp3) is 0.500. The molecule has 10 heteroatoms. The Balaban J connectivity index is 0.00000243. The molecule has 26 heavy (non-hydrogen) atoms. The minimum Gasteiger partial charge on any atom is -0.338 e. The molecule has 1 atom stereocenters. The van der Waals surface area contributed by atoms with E-state index in [1.54, 1.807) is 18.6 Å². The van der Waals surface area contributed by atoms with Crippen LogP contribution in [0.2, 0.25) is 0 Å². The number of piperidine rings is 1. The second-order valence-electron chi connectivity index (χ2n) is 6.29. The minimum absolute atomic E-state index is 0. The SMILES string of the molecule is CN(Cc1cnccn1)c1ncc(S(C)(=O)=O)c(C2CCCNC2)n1.Cl. The molecule has 0 saturated carbocycles. The Morgan fingerprint density at radius 2 is 2.08 bits per heavy atom. The number of rotatable bonds is 5. The van der Waals surface area contributed by atoms with Crippen LogP contribution in [0.4, 0.5) is 5.95 Å². The van der Waals surface area contributed by atoms with E-state index < -0.39 is 9.84 Å². The first-order valence-corrected chi connectivity index (χ1v) is 10.1. The molecule has 0 bridgehead atoms. The topological polar surface area (TPSA) is 101 Å². The molecular weight excluding hydrogens is 376 g/mol. The number of hydrogen-bond acceptors (Lipinski definition) is 8. The highest BCUT2D eigenvalue weighted by molar-refractivity contribution is 7.90. The molecule has 3 rings (SSSR count). The lowest BCUT2D eigenvalue weighted by atomic mass is 9.96. The molecule has 1 unspecified atom stereocenters. The summed E-state index contributed by atoms with van der Waals surface area (Å²) in [5, 5.41) is 3.31. The van der Waals surface area contributed by atoms with Crippen molar-refractivity contribution in [3.63, 3.8) is 0 Å². The van der Waals surface area contributed by atoms with Crippen LogP contribution in [0, 0.1) is 0 Å². The van der Waals surface area contributed by atoms with Crippen molar-refractivity contribution in [2.75, 3.05) is 31.3 Å². The van der Waals surface area contributed by atoms with E-state index in [1.807, 2.05) is 11.9 Å². The van der Waals surface area contributed by atoms with Crippen molar-refractivity contribution in [1.29, 1.82) is 0 Å². The Labute approximate surface area is 159 Å². The van der Waals surface area contributed by atoms with Gasteiger partial charge in [-0.05, 0) is 19.4 Å². The summed E-state index contributed by atoms with van der Waals surface area (Å²) in [6, 6.07) is 0. The zero-order valence-corrected chi connectivity index (χ0v) is 16.4. The number of sulfone groups is 1. The van der Waals surface area contributed by atoms with Gasteiger partial charge >= 0.3 is 0 Å². The molecule has 8 nitrogen and oxygen atoms in total. The molecule has 0 spiro atoms. The monoisotopic (exact) mass is 398 g/mol. The maximum atomic E-state index is 12.1. The lowest BCUT2D eigenvalue weighted by Gasteiger charge is -2.25. The zero-order chi connectivity index (χ0) is 17.9. The van der Waals surface area contributed by atoms with E-state index in [1.165, 1.54) is 12.5 Å². The van der Waals surface area contributed by atoms with E-state index in [0.29, 0.717) is 18.2 Å². The third-order valence-corrected chi connectivity index (χ3v) is 5.32. The van der Waals surface area contributed by atoms with Crippen LogP contribution < -0.4 is 10.2 Å². The molecule has 2 aromatic rings. The summed E-state index contributed by atoms with van der Waals surface area (Å²) in [6.07, 6.45) is 9.49. The van der Waals surface area contributed by atoms with Gasteiger partial charge in [-0.2, -0.15) is 0 Å². The molecule has 2 aromatic heterocycles. The smallest absolute Gasteiger partial charge is 0.225 e. The van der Waals surface area contributed by atoms with Gasteiger partial charge in [-0.15, -0.1) is 12.4 Å². The van der Waals surface area contributed by atoms with Crippen LogP contribution in [0.25, 0.3) is 0 Å². The van der Waals surface area contributed by atoms with E-state index in [9.17, 15) is 8.42 Å². The molecule has 142 valence electrons. The Kier molecular flexibility index (Phi) is 6.85. The number of nitrogens with one attached hydrogen (secondary N) is 1. The normalized spacial score (nSPS) is 17.4. The summed E-state index contributed by atoms with van der Waals surface area (Å²) in [7, 11) is -1.52. The van der Waals surface area contributed by atoms with E-state index in [0.717, 1.165) is 31.6 Å². The van der Waals surface area contributed by atoms with Crippen LogP contribution in [0.15, 0.2) is 29.7 Å². The molecule has 1 saturated heterocycles. The highest BCUT2D eigenvalue weighted by Crippen LogP contribution is 2.28. The van der Waals surface area contributed by atoms with Crippen LogP contribution in [-0.2, 0) is 16.4 Å². The van der Waals surface area contributed by atoms with Gasteiger partial charge in [-0.1, -0.05) is 0 Å². The predicted octanol–water partition coefficient (Wildman–Crippen LogP) is 1.20. The molecule has 3 heterocycles. The molecule has 1 fully saturated rings. The first-order valence-electron chi connectivity index (χ1n) is 8.19. The Morgan fingerprint density at radius 1 is 1.27 bits per heavy atom. The van der Waals surface area contributed by atoms with Crippen molar-refractivity contribution in [3.8, 4) is 0 Å².